The van der Waals surface area contributed by atoms with Crippen LogP contribution in [0.15, 0.2) is 24.3 Å². The van der Waals surface area contributed by atoms with Crippen LogP contribution in [0.3, 0.4) is 0 Å². The molecule has 2 N–H and O–H groups in total. The number of nitro groups is 1. The fourth-order valence-corrected chi connectivity index (χ4v) is 1.95. The summed E-state index contributed by atoms with van der Waals surface area (Å²) < 4.78 is 74.7. The molecule has 140 valence electrons. The third-order valence-corrected chi connectivity index (χ3v) is 3.21. The number of hydrogen-bond donors (Lipinski definition) is 2. The molecule has 0 heterocycles. The largest absolute Gasteiger partial charge is 0.409 e. The van der Waals surface area contributed by atoms with E-state index in [1.165, 1.54) is 5.32 Å². The molecule has 0 radical (unpaired) electrons. The maximum absolute atomic E-state index is 12.5. The van der Waals surface area contributed by atoms with Gasteiger partial charge in [-0.05, 0) is 24.6 Å². The molecule has 2 atom stereocenters. The Morgan fingerprint density at radius 2 is 1.56 bits per heavy atom. The number of nitro benzene ring substituents is 1. The summed E-state index contributed by atoms with van der Waals surface area (Å²) in [5.74, 6) is -6.58. The van der Waals surface area contributed by atoms with Crippen molar-refractivity contribution in [3.05, 3.63) is 39.9 Å². The van der Waals surface area contributed by atoms with Crippen molar-refractivity contribution in [3.8, 4) is 0 Å². The number of aliphatic hydroxyl groups excluding tert-OH is 1. The van der Waals surface area contributed by atoms with E-state index in [1.54, 1.807) is 0 Å². The number of amides is 1. The summed E-state index contributed by atoms with van der Waals surface area (Å²) in [5.41, 5.74) is -0.365. The number of carbonyl (C=O) groups excluding carboxylic acids is 1. The molecule has 25 heavy (non-hydrogen) atoms. The average Bonchev–Trinajstić information content (AvgIpc) is 2.43. The lowest BCUT2D eigenvalue weighted by molar-refractivity contribution is -0.384. The van der Waals surface area contributed by atoms with Crippen LogP contribution in [0, 0.1) is 16.0 Å². The van der Waals surface area contributed by atoms with Crippen LogP contribution in [0.25, 0.3) is 0 Å². The van der Waals surface area contributed by atoms with E-state index >= 15 is 0 Å². The second-order valence-electron chi connectivity index (χ2n) is 5.11. The number of non-ortho nitro benzene ring substituents is 1. The minimum atomic E-state index is -5.85. The van der Waals surface area contributed by atoms with Gasteiger partial charge in [-0.1, -0.05) is 0 Å². The van der Waals surface area contributed by atoms with E-state index in [-0.39, 0.29) is 11.3 Å². The highest BCUT2D eigenvalue weighted by atomic mass is 19.4. The van der Waals surface area contributed by atoms with E-state index in [4.69, 9.17) is 0 Å². The summed E-state index contributed by atoms with van der Waals surface area (Å²) in [4.78, 5) is 21.1. The zero-order chi connectivity index (χ0) is 19.6. The van der Waals surface area contributed by atoms with E-state index in [2.05, 4.69) is 0 Å². The Hall–Kier alpha value is -2.37. The summed E-state index contributed by atoms with van der Waals surface area (Å²) >= 11 is 0. The molecule has 0 aliphatic heterocycles. The molecule has 1 rings (SSSR count). The molecule has 0 fully saturated rings. The van der Waals surface area contributed by atoms with Gasteiger partial charge in [-0.25, -0.2) is 0 Å². The second kappa shape index (κ2) is 7.25. The van der Waals surface area contributed by atoms with E-state index in [0.29, 0.717) is 0 Å². The fourth-order valence-electron chi connectivity index (χ4n) is 1.95. The van der Waals surface area contributed by atoms with E-state index < -0.39 is 41.2 Å². The number of hydrogen-bond acceptors (Lipinski definition) is 4. The molecule has 0 aromatic heterocycles. The van der Waals surface area contributed by atoms with Crippen LogP contribution in [0.2, 0.25) is 0 Å². The zero-order valence-electron chi connectivity index (χ0n) is 12.4. The number of aliphatic hydroxyl groups is 1. The third-order valence-electron chi connectivity index (χ3n) is 3.21. The number of alkyl halides is 6. The van der Waals surface area contributed by atoms with Gasteiger partial charge in [-0.15, -0.1) is 0 Å². The lowest BCUT2D eigenvalue weighted by Gasteiger charge is -2.26. The van der Waals surface area contributed by atoms with Gasteiger partial charge in [0.15, 0.2) is 0 Å². The first-order chi connectivity index (χ1) is 11.2. The van der Waals surface area contributed by atoms with Gasteiger partial charge in [0.25, 0.3) is 5.69 Å². The van der Waals surface area contributed by atoms with Crippen LogP contribution in [0.5, 0.6) is 0 Å². The Kier molecular flexibility index (Phi) is 6.00. The minimum absolute atomic E-state index is 0.0334. The summed E-state index contributed by atoms with van der Waals surface area (Å²) in [6, 6.07) is 2.59. The SMILES string of the molecule is C[C@@H](NC(=O)C(C(F)(F)F)C(F)(F)F)C(O)c1ccc([N+](=O)[O-])cc1. The Bertz CT molecular complexity index is 615. The van der Waals surface area contributed by atoms with Gasteiger partial charge >= 0.3 is 12.4 Å². The highest BCUT2D eigenvalue weighted by Gasteiger charge is 2.61. The average molecular weight is 374 g/mol. The van der Waals surface area contributed by atoms with Crippen molar-refractivity contribution in [1.82, 2.24) is 5.32 Å². The molecule has 1 amide bonds. The fraction of sp³-hybridized carbons (Fsp3) is 0.462. The van der Waals surface area contributed by atoms with E-state index in [0.717, 1.165) is 31.2 Å². The van der Waals surface area contributed by atoms with Gasteiger partial charge in [-0.2, -0.15) is 26.3 Å². The summed E-state index contributed by atoms with van der Waals surface area (Å²) in [5, 5.41) is 21.9. The van der Waals surface area contributed by atoms with Crippen LogP contribution in [-0.4, -0.2) is 34.3 Å². The number of halogens is 6. The standard InChI is InChI=1S/C13H12F6N2O4/c1-6(9(22)7-2-4-8(5-3-7)21(24)25)20-11(23)10(12(14,15)16)13(17,18)19/h2-6,9-10,22H,1H3,(H,20,23)/t6-,9?/m1/s1. The maximum Gasteiger partial charge on any atom is 0.409 e. The quantitative estimate of drug-likeness (QED) is 0.471. The third kappa shape index (κ3) is 5.31. The molecule has 0 spiro atoms. The molecule has 1 unspecified atom stereocenters. The summed E-state index contributed by atoms with van der Waals surface area (Å²) in [6.45, 7) is 0.994. The molecular formula is C13H12F6N2O4. The molecule has 1 aromatic carbocycles. The van der Waals surface area contributed by atoms with E-state index in [1.807, 2.05) is 0 Å². The predicted molar refractivity (Wildman–Crippen MR) is 71.3 cm³/mol. The molecule has 0 saturated carbocycles. The molecule has 0 aliphatic rings. The first-order valence-electron chi connectivity index (χ1n) is 6.61. The van der Waals surface area contributed by atoms with Crippen LogP contribution < -0.4 is 5.32 Å². The first-order valence-corrected chi connectivity index (χ1v) is 6.61. The van der Waals surface area contributed by atoms with Crippen LogP contribution in [-0.2, 0) is 4.79 Å². The number of rotatable bonds is 5. The molecule has 6 nitrogen and oxygen atoms in total. The topological polar surface area (TPSA) is 92.5 Å². The monoisotopic (exact) mass is 374 g/mol. The second-order valence-corrected chi connectivity index (χ2v) is 5.11. The number of carbonyl (C=O) groups is 1. The normalized spacial score (nSPS) is 14.9. The van der Waals surface area contributed by atoms with E-state index in [9.17, 15) is 46.4 Å². The molecule has 1 aromatic rings. The summed E-state index contributed by atoms with van der Waals surface area (Å²) in [6.07, 6.45) is -13.4. The molecule has 0 saturated heterocycles. The van der Waals surface area contributed by atoms with Crippen molar-refractivity contribution < 1.29 is 41.2 Å². The molecule has 12 heteroatoms. The lowest BCUT2D eigenvalue weighted by Crippen LogP contribution is -2.51. The zero-order valence-corrected chi connectivity index (χ0v) is 12.4. The van der Waals surface area contributed by atoms with Crippen molar-refractivity contribution in [2.24, 2.45) is 5.92 Å². The Labute approximate surface area is 136 Å². The highest BCUT2D eigenvalue weighted by molar-refractivity contribution is 5.80. The van der Waals surface area contributed by atoms with Gasteiger partial charge in [-0.3, -0.25) is 14.9 Å². The molecular weight excluding hydrogens is 362 g/mol. The Balaban J connectivity index is 2.90. The van der Waals surface area contributed by atoms with Gasteiger partial charge in [0.1, 0.15) is 0 Å². The molecule has 0 bridgehead atoms. The predicted octanol–water partition coefficient (Wildman–Crippen LogP) is 2.87. The van der Waals surface area contributed by atoms with Crippen molar-refractivity contribution in [1.29, 1.82) is 0 Å². The van der Waals surface area contributed by atoms with Crippen LogP contribution in [0.1, 0.15) is 18.6 Å². The van der Waals surface area contributed by atoms with Gasteiger partial charge in [0, 0.05) is 12.1 Å². The van der Waals surface area contributed by atoms with Crippen molar-refractivity contribution in [2.45, 2.75) is 31.4 Å². The number of benzene rings is 1. The molecule has 0 aliphatic carbocycles. The Morgan fingerprint density at radius 1 is 1.12 bits per heavy atom. The van der Waals surface area contributed by atoms with Gasteiger partial charge in [0.05, 0.1) is 17.1 Å². The Morgan fingerprint density at radius 3 is 1.92 bits per heavy atom. The number of nitrogens with one attached hydrogen (secondary N) is 1. The number of nitrogens with zero attached hydrogens (tertiary/aromatic N) is 1. The van der Waals surface area contributed by atoms with Crippen LogP contribution in [0.4, 0.5) is 32.0 Å². The first kappa shape index (κ1) is 20.7. The lowest BCUT2D eigenvalue weighted by atomic mass is 10.0. The van der Waals surface area contributed by atoms with Gasteiger partial charge < -0.3 is 10.4 Å². The van der Waals surface area contributed by atoms with Crippen molar-refractivity contribution in [2.75, 3.05) is 0 Å². The van der Waals surface area contributed by atoms with Gasteiger partial charge in [0.2, 0.25) is 11.8 Å². The van der Waals surface area contributed by atoms with Crippen molar-refractivity contribution in [3.63, 3.8) is 0 Å². The minimum Gasteiger partial charge on any atom is -0.386 e. The van der Waals surface area contributed by atoms with Crippen LogP contribution >= 0.6 is 0 Å². The highest BCUT2D eigenvalue weighted by Crippen LogP contribution is 2.39. The summed E-state index contributed by atoms with van der Waals surface area (Å²) in [7, 11) is 0. The van der Waals surface area contributed by atoms with Crippen molar-refractivity contribution >= 4 is 11.6 Å². The maximum atomic E-state index is 12.5. The smallest absolute Gasteiger partial charge is 0.386 e.